The summed E-state index contributed by atoms with van der Waals surface area (Å²) < 4.78 is 26.5. The maximum absolute atomic E-state index is 12.8. The predicted octanol–water partition coefficient (Wildman–Crippen LogP) is 3.82. The normalized spacial score (nSPS) is 15.9. The molecule has 0 N–H and O–H groups in total. The average Bonchev–Trinajstić information content (AvgIpc) is 2.73. The lowest BCUT2D eigenvalue weighted by Gasteiger charge is -2.33. The van der Waals surface area contributed by atoms with Crippen LogP contribution in [0.3, 0.4) is 0 Å². The molecule has 0 spiro atoms. The van der Waals surface area contributed by atoms with Crippen LogP contribution in [0, 0.1) is 0 Å². The Bertz CT molecular complexity index is 970. The van der Waals surface area contributed by atoms with Crippen LogP contribution in [-0.4, -0.2) is 56.0 Å². The van der Waals surface area contributed by atoms with Gasteiger partial charge in [0.05, 0.1) is 10.6 Å². The minimum atomic E-state index is -3.53. The standard InChI is InChI=1S/C20H21ClN2O3S2/c1-27-17-7-8-19(21)18(15-17)20(24)22-10-12-23(13-11-22)28(25,26)14-9-16-5-3-2-4-6-16/h2-9,14-15H,10-13H2,1H3/b14-9-. The summed E-state index contributed by atoms with van der Waals surface area (Å²) in [5.41, 5.74) is 1.28. The van der Waals surface area contributed by atoms with Gasteiger partial charge < -0.3 is 4.90 Å². The highest BCUT2D eigenvalue weighted by atomic mass is 35.5. The van der Waals surface area contributed by atoms with Gasteiger partial charge >= 0.3 is 0 Å². The van der Waals surface area contributed by atoms with Gasteiger partial charge in [0.25, 0.3) is 5.91 Å². The van der Waals surface area contributed by atoms with Gasteiger partial charge in [0, 0.05) is 36.5 Å². The molecule has 0 radical (unpaired) electrons. The Kier molecular flexibility index (Phi) is 6.82. The van der Waals surface area contributed by atoms with Crippen molar-refractivity contribution in [3.63, 3.8) is 0 Å². The number of hydrogen-bond acceptors (Lipinski definition) is 4. The van der Waals surface area contributed by atoms with Crippen molar-refractivity contribution in [3.05, 3.63) is 70.1 Å². The summed E-state index contributed by atoms with van der Waals surface area (Å²) in [6.07, 6.45) is 3.52. The Balaban J connectivity index is 1.65. The molecule has 0 atom stereocenters. The second-order valence-electron chi connectivity index (χ2n) is 6.30. The number of carbonyl (C=O) groups excluding carboxylic acids is 1. The van der Waals surface area contributed by atoms with Gasteiger partial charge in [-0.25, -0.2) is 8.42 Å². The molecule has 5 nitrogen and oxygen atoms in total. The molecule has 2 aromatic carbocycles. The molecule has 3 rings (SSSR count). The van der Waals surface area contributed by atoms with Gasteiger partial charge in [-0.15, -0.1) is 11.8 Å². The topological polar surface area (TPSA) is 57.7 Å². The summed E-state index contributed by atoms with van der Waals surface area (Å²) in [5, 5.41) is 1.63. The van der Waals surface area contributed by atoms with Gasteiger partial charge in [0.1, 0.15) is 0 Å². The number of halogens is 1. The van der Waals surface area contributed by atoms with E-state index in [1.165, 1.54) is 21.5 Å². The van der Waals surface area contributed by atoms with E-state index in [1.54, 1.807) is 23.1 Å². The molecule has 28 heavy (non-hydrogen) atoms. The lowest BCUT2D eigenvalue weighted by atomic mass is 10.2. The zero-order chi connectivity index (χ0) is 20.1. The van der Waals surface area contributed by atoms with E-state index in [2.05, 4.69) is 0 Å². The van der Waals surface area contributed by atoms with Gasteiger partial charge in [-0.1, -0.05) is 41.9 Å². The number of thioether (sulfide) groups is 1. The number of carbonyl (C=O) groups is 1. The van der Waals surface area contributed by atoms with Crippen LogP contribution >= 0.6 is 23.4 Å². The van der Waals surface area contributed by atoms with Gasteiger partial charge in [0.2, 0.25) is 10.0 Å². The summed E-state index contributed by atoms with van der Waals surface area (Å²) in [5.74, 6) is -0.169. The zero-order valence-corrected chi connectivity index (χ0v) is 17.8. The van der Waals surface area contributed by atoms with Crippen molar-refractivity contribution in [1.29, 1.82) is 0 Å². The van der Waals surface area contributed by atoms with Crippen LogP contribution in [0.25, 0.3) is 6.08 Å². The van der Waals surface area contributed by atoms with Crippen molar-refractivity contribution in [2.45, 2.75) is 4.90 Å². The molecule has 0 unspecified atom stereocenters. The van der Waals surface area contributed by atoms with Crippen molar-refractivity contribution in [2.24, 2.45) is 0 Å². The maximum Gasteiger partial charge on any atom is 0.255 e. The molecule has 0 aromatic heterocycles. The molecule has 1 aliphatic heterocycles. The molecule has 1 heterocycles. The average molecular weight is 437 g/mol. The van der Waals surface area contributed by atoms with E-state index in [1.807, 2.05) is 42.7 Å². The fourth-order valence-electron chi connectivity index (χ4n) is 2.93. The lowest BCUT2D eigenvalue weighted by Crippen LogP contribution is -2.50. The van der Waals surface area contributed by atoms with E-state index in [0.717, 1.165) is 10.5 Å². The fourth-order valence-corrected chi connectivity index (χ4v) is 4.74. The molecule has 1 saturated heterocycles. The van der Waals surface area contributed by atoms with Crippen molar-refractivity contribution in [3.8, 4) is 0 Å². The lowest BCUT2D eigenvalue weighted by molar-refractivity contribution is 0.0698. The first-order valence-electron chi connectivity index (χ1n) is 8.77. The smallest absolute Gasteiger partial charge is 0.255 e. The third-order valence-electron chi connectivity index (χ3n) is 4.52. The Hall–Kier alpha value is -1.80. The molecule has 1 aliphatic rings. The predicted molar refractivity (Wildman–Crippen MR) is 115 cm³/mol. The van der Waals surface area contributed by atoms with Gasteiger partial charge in [-0.3, -0.25) is 4.79 Å². The molecular weight excluding hydrogens is 416 g/mol. The van der Waals surface area contributed by atoms with E-state index < -0.39 is 10.0 Å². The van der Waals surface area contributed by atoms with E-state index in [-0.39, 0.29) is 19.0 Å². The molecule has 0 bridgehead atoms. The fraction of sp³-hybridized carbons (Fsp3) is 0.250. The number of piperazine rings is 1. The number of rotatable bonds is 5. The van der Waals surface area contributed by atoms with Gasteiger partial charge in [-0.05, 0) is 36.1 Å². The van der Waals surface area contributed by atoms with Gasteiger partial charge in [-0.2, -0.15) is 4.31 Å². The van der Waals surface area contributed by atoms with Crippen LogP contribution in [0.15, 0.2) is 58.8 Å². The Morgan fingerprint density at radius 1 is 1.07 bits per heavy atom. The quantitative estimate of drug-likeness (QED) is 0.668. The largest absolute Gasteiger partial charge is 0.336 e. The Morgan fingerprint density at radius 3 is 2.39 bits per heavy atom. The van der Waals surface area contributed by atoms with Crippen molar-refractivity contribution >= 4 is 45.4 Å². The monoisotopic (exact) mass is 436 g/mol. The second-order valence-corrected chi connectivity index (χ2v) is 9.40. The number of hydrogen-bond donors (Lipinski definition) is 0. The molecule has 8 heteroatoms. The molecule has 2 aromatic rings. The van der Waals surface area contributed by atoms with Gasteiger partial charge in [0.15, 0.2) is 0 Å². The van der Waals surface area contributed by atoms with Crippen molar-refractivity contribution < 1.29 is 13.2 Å². The first kappa shape index (κ1) is 20.9. The summed E-state index contributed by atoms with van der Waals surface area (Å²) >= 11 is 7.73. The molecule has 1 fully saturated rings. The molecule has 0 aliphatic carbocycles. The highest BCUT2D eigenvalue weighted by molar-refractivity contribution is 7.98. The summed E-state index contributed by atoms with van der Waals surface area (Å²) in [7, 11) is -3.53. The number of sulfonamides is 1. The summed E-state index contributed by atoms with van der Waals surface area (Å²) in [6.45, 7) is 1.17. The molecular formula is C20H21ClN2O3S2. The highest BCUT2D eigenvalue weighted by Gasteiger charge is 2.28. The van der Waals surface area contributed by atoms with E-state index in [4.69, 9.17) is 11.6 Å². The van der Waals surface area contributed by atoms with Crippen molar-refractivity contribution in [2.75, 3.05) is 32.4 Å². The third-order valence-corrected chi connectivity index (χ3v) is 7.14. The summed E-state index contributed by atoms with van der Waals surface area (Å²) in [6, 6.07) is 14.6. The Labute approximate surface area is 175 Å². The van der Waals surface area contributed by atoms with Crippen LogP contribution in [0.5, 0.6) is 0 Å². The molecule has 1 amide bonds. The summed E-state index contributed by atoms with van der Waals surface area (Å²) in [4.78, 5) is 15.4. The number of benzene rings is 2. The zero-order valence-electron chi connectivity index (χ0n) is 15.4. The second kappa shape index (κ2) is 9.13. The maximum atomic E-state index is 12.8. The molecule has 0 saturated carbocycles. The molecule has 148 valence electrons. The van der Waals surface area contributed by atoms with Crippen LogP contribution in [0.4, 0.5) is 0 Å². The minimum absolute atomic E-state index is 0.169. The van der Waals surface area contributed by atoms with E-state index in [0.29, 0.717) is 23.7 Å². The van der Waals surface area contributed by atoms with Crippen LogP contribution in [-0.2, 0) is 10.0 Å². The SMILES string of the molecule is CSc1ccc(Cl)c(C(=O)N2CCN(S(=O)(=O)/C=C\c3ccccc3)CC2)c1. The minimum Gasteiger partial charge on any atom is -0.336 e. The first-order valence-corrected chi connectivity index (χ1v) is 11.9. The van der Waals surface area contributed by atoms with E-state index in [9.17, 15) is 13.2 Å². The number of amides is 1. The van der Waals surface area contributed by atoms with Crippen molar-refractivity contribution in [1.82, 2.24) is 9.21 Å². The van der Waals surface area contributed by atoms with Crippen LogP contribution < -0.4 is 0 Å². The third kappa shape index (κ3) is 4.97. The van der Waals surface area contributed by atoms with Crippen LogP contribution in [0.2, 0.25) is 5.02 Å². The van der Waals surface area contributed by atoms with Crippen LogP contribution in [0.1, 0.15) is 15.9 Å². The van der Waals surface area contributed by atoms with E-state index >= 15 is 0 Å². The first-order chi connectivity index (χ1) is 13.4. The number of nitrogens with zero attached hydrogens (tertiary/aromatic N) is 2. The Morgan fingerprint density at radius 2 is 1.75 bits per heavy atom. The highest BCUT2D eigenvalue weighted by Crippen LogP contribution is 2.25.